The van der Waals surface area contributed by atoms with Crippen molar-refractivity contribution in [1.29, 1.82) is 0 Å². The molecule has 3 fully saturated rings. The third-order valence-corrected chi connectivity index (χ3v) is 9.97. The van der Waals surface area contributed by atoms with Gasteiger partial charge >= 0.3 is 12.0 Å². The molecule has 10 heteroatoms. The smallest absolute Gasteiger partial charge is 0.320 e. The van der Waals surface area contributed by atoms with E-state index in [9.17, 15) is 9.59 Å². The van der Waals surface area contributed by atoms with Crippen LogP contribution in [0.2, 0.25) is 0 Å². The van der Waals surface area contributed by atoms with Crippen LogP contribution in [0.15, 0.2) is 41.3 Å². The highest BCUT2D eigenvalue weighted by Crippen LogP contribution is 2.34. The number of rotatable bonds is 11. The molecule has 3 saturated heterocycles. The van der Waals surface area contributed by atoms with Crippen LogP contribution in [-0.2, 0) is 16.1 Å². The number of thioether (sulfide) groups is 1. The number of aromatic nitrogens is 1. The average molecular weight is 611 g/mol. The molecular weight excluding hydrogens is 564 g/mol. The second-order valence-corrected chi connectivity index (χ2v) is 13.7. The molecule has 2 amide bonds. The van der Waals surface area contributed by atoms with Crippen LogP contribution in [0.4, 0.5) is 4.79 Å². The first kappa shape index (κ1) is 31.6. The molecule has 0 bridgehead atoms. The number of likely N-dealkylation sites (tertiary alicyclic amines) is 1. The standard InChI is InChI=1S/C33H46N4O5S/c1-22(2)17-28-20-36(26-12-15-41-16-13-26)33(40)37(28)27-11-14-35(23(3)18-27)19-25-5-10-31(34-24(25)4)42-29-6-8-30(9-7-29)43-21-32(38)39/h5-10,22-23,26-28H,11-21H2,1-4H3,(H,38,39)/t23-,27?,28-/m1/s1. The minimum absolute atomic E-state index is 0.0307. The summed E-state index contributed by atoms with van der Waals surface area (Å²) in [6, 6.07) is 12.9. The molecule has 3 atom stereocenters. The Hall–Kier alpha value is -2.82. The van der Waals surface area contributed by atoms with Crippen LogP contribution < -0.4 is 4.74 Å². The number of carbonyl (C=O) groups is 2. The fourth-order valence-electron chi connectivity index (χ4n) is 6.75. The van der Waals surface area contributed by atoms with E-state index in [4.69, 9.17) is 19.6 Å². The van der Waals surface area contributed by atoms with Crippen molar-refractivity contribution in [3.05, 3.63) is 47.7 Å². The number of amides is 2. The van der Waals surface area contributed by atoms with E-state index >= 15 is 0 Å². The van der Waals surface area contributed by atoms with Crippen molar-refractivity contribution in [2.75, 3.05) is 32.1 Å². The van der Waals surface area contributed by atoms with Gasteiger partial charge in [-0.2, -0.15) is 0 Å². The van der Waals surface area contributed by atoms with Crippen LogP contribution in [0.25, 0.3) is 0 Å². The van der Waals surface area contributed by atoms with E-state index in [1.807, 2.05) is 37.3 Å². The number of pyridine rings is 1. The molecule has 9 nitrogen and oxygen atoms in total. The summed E-state index contributed by atoms with van der Waals surface area (Å²) < 4.78 is 11.6. The average Bonchev–Trinajstić information content (AvgIpc) is 3.30. The number of aryl methyl sites for hydroxylation is 1. The summed E-state index contributed by atoms with van der Waals surface area (Å²) in [5, 5.41) is 8.87. The van der Waals surface area contributed by atoms with Crippen LogP contribution in [-0.4, -0.2) is 93.0 Å². The highest BCUT2D eigenvalue weighted by atomic mass is 32.2. The molecule has 3 aliphatic heterocycles. The second-order valence-electron chi connectivity index (χ2n) is 12.6. The summed E-state index contributed by atoms with van der Waals surface area (Å²) >= 11 is 1.28. The summed E-state index contributed by atoms with van der Waals surface area (Å²) in [5.41, 5.74) is 2.12. The highest BCUT2D eigenvalue weighted by Gasteiger charge is 2.45. The van der Waals surface area contributed by atoms with E-state index in [1.54, 1.807) is 0 Å². The molecule has 0 spiro atoms. The van der Waals surface area contributed by atoms with Gasteiger partial charge in [-0.25, -0.2) is 9.78 Å². The van der Waals surface area contributed by atoms with E-state index in [2.05, 4.69) is 41.5 Å². The maximum absolute atomic E-state index is 13.8. The van der Waals surface area contributed by atoms with E-state index in [1.165, 1.54) is 17.3 Å². The molecule has 1 aromatic carbocycles. The van der Waals surface area contributed by atoms with Crippen molar-refractivity contribution in [2.45, 2.75) is 95.4 Å². The number of carbonyl (C=O) groups excluding carboxylic acids is 1. The Morgan fingerprint density at radius 2 is 1.86 bits per heavy atom. The minimum atomic E-state index is -0.835. The molecule has 5 rings (SSSR count). The van der Waals surface area contributed by atoms with Gasteiger partial charge in [0.25, 0.3) is 0 Å². The summed E-state index contributed by atoms with van der Waals surface area (Å²) in [6.07, 6.45) is 4.91. The van der Waals surface area contributed by atoms with Gasteiger partial charge in [0.15, 0.2) is 0 Å². The number of hydrogen-bond donors (Lipinski definition) is 1. The number of benzene rings is 1. The fraction of sp³-hybridized carbons (Fsp3) is 0.606. The molecule has 1 N–H and O–H groups in total. The Kier molecular flexibility index (Phi) is 10.5. The monoisotopic (exact) mass is 610 g/mol. The lowest BCUT2D eigenvalue weighted by atomic mass is 9.94. The van der Waals surface area contributed by atoms with Crippen molar-refractivity contribution in [2.24, 2.45) is 5.92 Å². The number of piperidine rings is 1. The number of ether oxygens (including phenoxy) is 2. The van der Waals surface area contributed by atoms with Gasteiger partial charge in [-0.1, -0.05) is 19.9 Å². The molecule has 1 unspecified atom stereocenters. The fourth-order valence-corrected chi connectivity index (χ4v) is 7.37. The molecular formula is C33H46N4O5S. The van der Waals surface area contributed by atoms with Crippen molar-refractivity contribution in [3.63, 3.8) is 0 Å². The first-order chi connectivity index (χ1) is 20.7. The van der Waals surface area contributed by atoms with Gasteiger partial charge in [0, 0.05) is 67.6 Å². The van der Waals surface area contributed by atoms with Gasteiger partial charge in [-0.3, -0.25) is 9.69 Å². The summed E-state index contributed by atoms with van der Waals surface area (Å²) in [4.78, 5) is 37.1. The number of carboxylic acids is 1. The molecule has 0 aliphatic carbocycles. The summed E-state index contributed by atoms with van der Waals surface area (Å²) in [7, 11) is 0. The van der Waals surface area contributed by atoms with Crippen LogP contribution >= 0.6 is 11.8 Å². The van der Waals surface area contributed by atoms with Gasteiger partial charge in [-0.05, 0) is 81.7 Å². The van der Waals surface area contributed by atoms with E-state index in [0.717, 1.165) is 75.5 Å². The Balaban J connectivity index is 1.18. The van der Waals surface area contributed by atoms with Gasteiger partial charge in [0.05, 0.1) is 11.8 Å². The first-order valence-electron chi connectivity index (χ1n) is 15.7. The number of nitrogens with zero attached hydrogens (tertiary/aromatic N) is 4. The number of carboxylic acid groups (broad SMARTS) is 1. The summed E-state index contributed by atoms with van der Waals surface area (Å²) in [5.74, 6) is 0.952. The lowest BCUT2D eigenvalue weighted by Gasteiger charge is -2.43. The van der Waals surface area contributed by atoms with Crippen molar-refractivity contribution in [1.82, 2.24) is 19.7 Å². The minimum Gasteiger partial charge on any atom is -0.481 e. The number of hydrogen-bond acceptors (Lipinski definition) is 7. The van der Waals surface area contributed by atoms with E-state index in [-0.39, 0.29) is 23.9 Å². The normalized spacial score (nSPS) is 23.7. The Labute approximate surface area is 259 Å². The molecule has 0 radical (unpaired) electrons. The van der Waals surface area contributed by atoms with Gasteiger partial charge in [0.1, 0.15) is 5.75 Å². The zero-order valence-electron chi connectivity index (χ0n) is 25.9. The van der Waals surface area contributed by atoms with Crippen molar-refractivity contribution in [3.8, 4) is 11.6 Å². The van der Waals surface area contributed by atoms with E-state index < -0.39 is 5.97 Å². The first-order valence-corrected chi connectivity index (χ1v) is 16.7. The molecule has 43 heavy (non-hydrogen) atoms. The third kappa shape index (κ3) is 8.02. The molecule has 3 aliphatic rings. The maximum Gasteiger partial charge on any atom is 0.320 e. The zero-order chi connectivity index (χ0) is 30.5. The molecule has 1 aromatic heterocycles. The SMILES string of the molecule is Cc1nc(Oc2ccc(SCC(=O)O)cc2)ccc1CN1CCC(N2C(=O)N(C3CCOCC3)C[C@H]2CC(C)C)C[C@H]1C. The quantitative estimate of drug-likeness (QED) is 0.308. The van der Waals surface area contributed by atoms with Crippen LogP contribution in [0.3, 0.4) is 0 Å². The Morgan fingerprint density at radius 3 is 2.51 bits per heavy atom. The maximum atomic E-state index is 13.8. The van der Waals surface area contributed by atoms with Gasteiger partial charge < -0.3 is 24.4 Å². The van der Waals surface area contributed by atoms with Crippen molar-refractivity contribution < 1.29 is 24.2 Å². The van der Waals surface area contributed by atoms with Crippen molar-refractivity contribution >= 4 is 23.8 Å². The summed E-state index contributed by atoms with van der Waals surface area (Å²) in [6.45, 7) is 13.0. The predicted molar refractivity (Wildman–Crippen MR) is 168 cm³/mol. The van der Waals surface area contributed by atoms with Crippen LogP contribution in [0.5, 0.6) is 11.6 Å². The lowest BCUT2D eigenvalue weighted by Crippen LogP contribution is -2.52. The number of urea groups is 1. The second kappa shape index (κ2) is 14.3. The largest absolute Gasteiger partial charge is 0.481 e. The Bertz CT molecular complexity index is 1250. The van der Waals surface area contributed by atoms with Gasteiger partial charge in [0.2, 0.25) is 5.88 Å². The van der Waals surface area contributed by atoms with Gasteiger partial charge in [-0.15, -0.1) is 11.8 Å². The molecule has 4 heterocycles. The van der Waals surface area contributed by atoms with Crippen LogP contribution in [0, 0.1) is 12.8 Å². The highest BCUT2D eigenvalue weighted by molar-refractivity contribution is 8.00. The van der Waals surface area contributed by atoms with E-state index in [0.29, 0.717) is 29.6 Å². The molecule has 0 saturated carbocycles. The Morgan fingerprint density at radius 1 is 1.12 bits per heavy atom. The zero-order valence-corrected chi connectivity index (χ0v) is 26.7. The predicted octanol–water partition coefficient (Wildman–Crippen LogP) is 6.04. The third-order valence-electron chi connectivity index (χ3n) is 8.97. The van der Waals surface area contributed by atoms with Crippen LogP contribution in [0.1, 0.15) is 64.1 Å². The molecule has 234 valence electrons. The number of aliphatic carboxylic acids is 1. The topological polar surface area (TPSA) is 95.4 Å². The molecule has 2 aromatic rings. The lowest BCUT2D eigenvalue weighted by molar-refractivity contribution is -0.133.